The van der Waals surface area contributed by atoms with Gasteiger partial charge in [0, 0.05) is 5.71 Å². The van der Waals surface area contributed by atoms with Crippen molar-refractivity contribution in [3.05, 3.63) is 144 Å². The predicted molar refractivity (Wildman–Crippen MR) is 163 cm³/mol. The molecule has 5 rings (SSSR count). The summed E-state index contributed by atoms with van der Waals surface area (Å²) in [7, 11) is 0. The van der Waals surface area contributed by atoms with Gasteiger partial charge in [0.25, 0.3) is 0 Å². The molecular formula is C36H39NO4. The van der Waals surface area contributed by atoms with Crippen LogP contribution < -0.4 is 0 Å². The highest BCUT2D eigenvalue weighted by atomic mass is 16.6. The predicted octanol–water partition coefficient (Wildman–Crippen LogP) is 7.19. The molecule has 4 atom stereocenters. The van der Waals surface area contributed by atoms with Crippen molar-refractivity contribution in [1.29, 1.82) is 0 Å². The fourth-order valence-electron chi connectivity index (χ4n) is 5.11. The summed E-state index contributed by atoms with van der Waals surface area (Å²) in [4.78, 5) is 5.19. The fraction of sp³-hybridized carbons (Fsp3) is 0.306. The summed E-state index contributed by atoms with van der Waals surface area (Å²) in [5.74, 6) is 0. The molecule has 0 spiro atoms. The molecule has 1 heterocycles. The Morgan fingerprint density at radius 1 is 0.512 bits per heavy atom. The molecule has 0 bridgehead atoms. The molecule has 0 aliphatic carbocycles. The SMILES string of the molecule is CCC1=N[C@@H](COCc2ccccc2)[C@@H](OCc2ccccc2)[C@H](OCc2ccccc2)[C@H]1OCc1ccccc1. The molecule has 4 aromatic rings. The summed E-state index contributed by atoms with van der Waals surface area (Å²) in [6.07, 6.45) is -0.299. The second-order valence-corrected chi connectivity index (χ2v) is 10.3. The van der Waals surface area contributed by atoms with E-state index < -0.39 is 0 Å². The van der Waals surface area contributed by atoms with E-state index in [9.17, 15) is 0 Å². The zero-order valence-electron chi connectivity index (χ0n) is 23.7. The first-order chi connectivity index (χ1) is 20.3. The van der Waals surface area contributed by atoms with Crippen LogP contribution >= 0.6 is 0 Å². The van der Waals surface area contributed by atoms with Gasteiger partial charge in [-0.25, -0.2) is 0 Å². The molecule has 1 aliphatic rings. The molecule has 212 valence electrons. The van der Waals surface area contributed by atoms with Gasteiger partial charge in [0.05, 0.1) is 33.0 Å². The third-order valence-corrected chi connectivity index (χ3v) is 7.27. The molecule has 5 heteroatoms. The second kappa shape index (κ2) is 15.4. The normalized spacial score (nSPS) is 20.5. The van der Waals surface area contributed by atoms with Gasteiger partial charge in [-0.1, -0.05) is 128 Å². The van der Waals surface area contributed by atoms with Crippen LogP contribution in [0.25, 0.3) is 0 Å². The van der Waals surface area contributed by atoms with E-state index in [0.29, 0.717) is 33.0 Å². The van der Waals surface area contributed by atoms with Crippen LogP contribution in [-0.4, -0.2) is 36.7 Å². The Kier molecular flexibility index (Phi) is 10.9. The summed E-state index contributed by atoms with van der Waals surface area (Å²) in [5, 5.41) is 0. The molecule has 0 saturated carbocycles. The number of rotatable bonds is 14. The Bertz CT molecular complexity index is 1320. The number of aliphatic imine (C=N–C) groups is 1. The highest BCUT2D eigenvalue weighted by Crippen LogP contribution is 2.28. The largest absolute Gasteiger partial charge is 0.374 e. The van der Waals surface area contributed by atoms with Crippen molar-refractivity contribution >= 4 is 5.71 Å². The number of benzene rings is 4. The van der Waals surface area contributed by atoms with Gasteiger partial charge in [-0.15, -0.1) is 0 Å². The lowest BCUT2D eigenvalue weighted by Gasteiger charge is -2.41. The van der Waals surface area contributed by atoms with Crippen molar-refractivity contribution in [2.24, 2.45) is 4.99 Å². The van der Waals surface area contributed by atoms with Crippen molar-refractivity contribution in [2.75, 3.05) is 6.61 Å². The summed E-state index contributed by atoms with van der Waals surface area (Å²) >= 11 is 0. The first-order valence-corrected chi connectivity index (χ1v) is 14.4. The van der Waals surface area contributed by atoms with Crippen molar-refractivity contribution in [3.8, 4) is 0 Å². The molecule has 41 heavy (non-hydrogen) atoms. The van der Waals surface area contributed by atoms with E-state index in [4.69, 9.17) is 23.9 Å². The average molecular weight is 550 g/mol. The van der Waals surface area contributed by atoms with Gasteiger partial charge in [-0.3, -0.25) is 4.99 Å². The molecule has 0 radical (unpaired) electrons. The molecular weight excluding hydrogens is 510 g/mol. The number of ether oxygens (including phenoxy) is 4. The van der Waals surface area contributed by atoms with Crippen molar-refractivity contribution in [2.45, 2.75) is 64.1 Å². The Morgan fingerprint density at radius 2 is 0.927 bits per heavy atom. The molecule has 0 unspecified atom stereocenters. The molecule has 5 nitrogen and oxygen atoms in total. The lowest BCUT2D eigenvalue weighted by molar-refractivity contribution is -0.150. The maximum absolute atomic E-state index is 6.71. The minimum absolute atomic E-state index is 0.227. The van der Waals surface area contributed by atoms with Crippen molar-refractivity contribution in [3.63, 3.8) is 0 Å². The Hall–Kier alpha value is -3.61. The van der Waals surface area contributed by atoms with Gasteiger partial charge >= 0.3 is 0 Å². The van der Waals surface area contributed by atoms with Gasteiger partial charge in [-0.2, -0.15) is 0 Å². The topological polar surface area (TPSA) is 49.3 Å². The maximum atomic E-state index is 6.71. The van der Waals surface area contributed by atoms with E-state index >= 15 is 0 Å². The van der Waals surface area contributed by atoms with E-state index in [1.807, 2.05) is 72.8 Å². The van der Waals surface area contributed by atoms with E-state index in [0.717, 1.165) is 34.4 Å². The van der Waals surface area contributed by atoms with Gasteiger partial charge in [0.2, 0.25) is 0 Å². The van der Waals surface area contributed by atoms with Gasteiger partial charge in [-0.05, 0) is 28.7 Å². The number of hydrogen-bond donors (Lipinski definition) is 0. The number of hydrogen-bond acceptors (Lipinski definition) is 5. The summed E-state index contributed by atoms with van der Waals surface area (Å²) < 4.78 is 26.2. The quantitative estimate of drug-likeness (QED) is 0.167. The standard InChI is InChI=1S/C36H39NO4/c1-2-32-34(39-24-29-17-9-4-10-18-29)36(41-26-31-21-13-6-14-22-31)35(40-25-30-19-11-5-12-20-30)33(37-32)27-38-23-28-15-7-3-8-16-28/h3-22,33-36H,2,23-27H2,1H3/t33-,34-,35+,36+/m0/s1. The molecule has 4 aromatic carbocycles. The minimum atomic E-state index is -0.361. The lowest BCUT2D eigenvalue weighted by atomic mass is 9.92. The van der Waals surface area contributed by atoms with Crippen LogP contribution in [0, 0.1) is 0 Å². The first kappa shape index (κ1) is 28.9. The van der Waals surface area contributed by atoms with Crippen LogP contribution in [0.3, 0.4) is 0 Å². The van der Waals surface area contributed by atoms with E-state index in [1.54, 1.807) is 0 Å². The Balaban J connectivity index is 1.41. The monoisotopic (exact) mass is 549 g/mol. The minimum Gasteiger partial charge on any atom is -0.374 e. The third kappa shape index (κ3) is 8.44. The lowest BCUT2D eigenvalue weighted by Crippen LogP contribution is -2.56. The number of nitrogens with zero attached hydrogens (tertiary/aromatic N) is 1. The first-order valence-electron chi connectivity index (χ1n) is 14.4. The van der Waals surface area contributed by atoms with Crippen LogP contribution in [0.5, 0.6) is 0 Å². The molecule has 1 aliphatic heterocycles. The zero-order valence-corrected chi connectivity index (χ0v) is 23.7. The fourth-order valence-corrected chi connectivity index (χ4v) is 5.11. The van der Waals surface area contributed by atoms with Gasteiger partial charge in [0.1, 0.15) is 24.4 Å². The van der Waals surface area contributed by atoms with E-state index in [2.05, 4.69) is 55.5 Å². The smallest absolute Gasteiger partial charge is 0.124 e. The highest BCUT2D eigenvalue weighted by molar-refractivity contribution is 5.90. The summed E-state index contributed by atoms with van der Waals surface area (Å²) in [6.45, 7) is 4.44. The van der Waals surface area contributed by atoms with E-state index in [1.165, 1.54) is 0 Å². The third-order valence-electron chi connectivity index (χ3n) is 7.27. The summed E-state index contributed by atoms with van der Waals surface area (Å²) in [6, 6.07) is 40.7. The summed E-state index contributed by atoms with van der Waals surface area (Å²) in [5.41, 5.74) is 5.43. The van der Waals surface area contributed by atoms with Crippen LogP contribution in [0.2, 0.25) is 0 Å². The highest BCUT2D eigenvalue weighted by Gasteiger charge is 2.43. The molecule has 0 fully saturated rings. The molecule has 0 aromatic heterocycles. The van der Waals surface area contributed by atoms with Gasteiger partial charge < -0.3 is 18.9 Å². The average Bonchev–Trinajstić information content (AvgIpc) is 3.04. The van der Waals surface area contributed by atoms with Crippen LogP contribution in [0.4, 0.5) is 0 Å². The second-order valence-electron chi connectivity index (χ2n) is 10.3. The van der Waals surface area contributed by atoms with Crippen LogP contribution in [0.1, 0.15) is 35.6 Å². The van der Waals surface area contributed by atoms with Crippen molar-refractivity contribution in [1.82, 2.24) is 0 Å². The maximum Gasteiger partial charge on any atom is 0.124 e. The molecule has 0 amide bonds. The van der Waals surface area contributed by atoms with Gasteiger partial charge in [0.15, 0.2) is 0 Å². The Labute approximate surface area is 243 Å². The van der Waals surface area contributed by atoms with Crippen LogP contribution in [-0.2, 0) is 45.4 Å². The molecule has 0 N–H and O–H groups in total. The van der Waals surface area contributed by atoms with Crippen molar-refractivity contribution < 1.29 is 18.9 Å². The van der Waals surface area contributed by atoms with E-state index in [-0.39, 0.29) is 24.4 Å². The molecule has 0 saturated heterocycles. The Morgan fingerprint density at radius 3 is 1.39 bits per heavy atom. The van der Waals surface area contributed by atoms with Crippen LogP contribution in [0.15, 0.2) is 126 Å². The zero-order chi connectivity index (χ0) is 28.1.